The summed E-state index contributed by atoms with van der Waals surface area (Å²) in [5, 5.41) is 12.1. The molecule has 0 unspecified atom stereocenters. The summed E-state index contributed by atoms with van der Waals surface area (Å²) in [6.07, 6.45) is 10.1. The second-order valence-corrected chi connectivity index (χ2v) is 5.99. The lowest BCUT2D eigenvalue weighted by Crippen LogP contribution is -2.17. The molecule has 130 valence electrons. The van der Waals surface area contributed by atoms with Crippen LogP contribution in [0.3, 0.4) is 0 Å². The number of amides is 1. The van der Waals surface area contributed by atoms with E-state index in [1.54, 1.807) is 11.5 Å². The van der Waals surface area contributed by atoms with Crippen molar-refractivity contribution in [3.05, 3.63) is 71.5 Å². The Bertz CT molecular complexity index is 790. The molecule has 1 heterocycles. The standard InChI is InChI=1S/C20H22N2O3/c23-20(22-24)19-10-9-18(25-19)17-8-4-7-16(13-17)14-21-12-11-15-5-2-1-3-6-15/h2,4-10,13,21,24H,1,3,11-12,14H2,(H,22,23). The predicted octanol–water partition coefficient (Wildman–Crippen LogP) is 3.82. The van der Waals surface area contributed by atoms with E-state index in [0.717, 1.165) is 43.5 Å². The summed E-state index contributed by atoms with van der Waals surface area (Å²) in [7, 11) is 0. The van der Waals surface area contributed by atoms with Crippen LogP contribution >= 0.6 is 0 Å². The smallest absolute Gasteiger partial charge is 0.310 e. The highest BCUT2D eigenvalue weighted by Crippen LogP contribution is 2.23. The molecule has 0 radical (unpaired) electrons. The van der Waals surface area contributed by atoms with E-state index < -0.39 is 5.91 Å². The molecule has 5 heteroatoms. The van der Waals surface area contributed by atoms with Gasteiger partial charge in [-0.1, -0.05) is 42.0 Å². The second kappa shape index (κ2) is 8.46. The monoisotopic (exact) mass is 338 g/mol. The number of benzene rings is 1. The molecule has 0 atom stereocenters. The van der Waals surface area contributed by atoms with E-state index in [-0.39, 0.29) is 5.76 Å². The first-order valence-corrected chi connectivity index (χ1v) is 8.46. The first kappa shape index (κ1) is 17.2. The van der Waals surface area contributed by atoms with Crippen LogP contribution in [0.2, 0.25) is 0 Å². The number of carbonyl (C=O) groups excluding carboxylic acids is 1. The molecule has 0 aliphatic heterocycles. The molecule has 3 rings (SSSR count). The van der Waals surface area contributed by atoms with Crippen LogP contribution in [0.25, 0.3) is 11.3 Å². The lowest BCUT2D eigenvalue weighted by atomic mass is 10.0. The Kier molecular flexibility index (Phi) is 5.82. The quantitative estimate of drug-likeness (QED) is 0.407. The number of rotatable bonds is 7. The SMILES string of the molecule is O=C(NO)c1ccc(-c2cccc(CNCCC3=CCCC=C3)c2)o1. The van der Waals surface area contributed by atoms with Gasteiger partial charge in [-0.15, -0.1) is 0 Å². The average molecular weight is 338 g/mol. The van der Waals surface area contributed by atoms with Gasteiger partial charge in [0, 0.05) is 12.1 Å². The van der Waals surface area contributed by atoms with E-state index in [1.165, 1.54) is 11.6 Å². The summed E-state index contributed by atoms with van der Waals surface area (Å²) in [4.78, 5) is 11.4. The van der Waals surface area contributed by atoms with Crippen LogP contribution in [-0.4, -0.2) is 17.7 Å². The van der Waals surface area contributed by atoms with Crippen LogP contribution in [0.5, 0.6) is 0 Å². The van der Waals surface area contributed by atoms with Crippen LogP contribution < -0.4 is 10.8 Å². The van der Waals surface area contributed by atoms with Gasteiger partial charge in [0.25, 0.3) is 0 Å². The summed E-state index contributed by atoms with van der Waals surface area (Å²) in [6, 6.07) is 11.2. The fourth-order valence-electron chi connectivity index (χ4n) is 2.82. The summed E-state index contributed by atoms with van der Waals surface area (Å²) in [5.74, 6) is 0.0166. The fraction of sp³-hybridized carbons (Fsp3) is 0.250. The molecule has 2 aromatic rings. The summed E-state index contributed by atoms with van der Waals surface area (Å²) < 4.78 is 5.47. The molecule has 1 aromatic carbocycles. The third-order valence-corrected chi connectivity index (χ3v) is 4.13. The molecule has 1 aromatic heterocycles. The van der Waals surface area contributed by atoms with Gasteiger partial charge >= 0.3 is 5.91 Å². The molecule has 5 nitrogen and oxygen atoms in total. The first-order valence-electron chi connectivity index (χ1n) is 8.46. The lowest BCUT2D eigenvalue weighted by Gasteiger charge is -2.09. The molecule has 1 aliphatic carbocycles. The van der Waals surface area contributed by atoms with Crippen molar-refractivity contribution in [1.82, 2.24) is 10.8 Å². The van der Waals surface area contributed by atoms with Crippen molar-refractivity contribution in [2.45, 2.75) is 25.8 Å². The molecule has 0 fully saturated rings. The fourth-order valence-corrected chi connectivity index (χ4v) is 2.82. The Hall–Kier alpha value is -2.63. The lowest BCUT2D eigenvalue weighted by molar-refractivity contribution is 0.0677. The normalized spacial score (nSPS) is 13.6. The number of carbonyl (C=O) groups is 1. The first-order chi connectivity index (χ1) is 12.3. The van der Waals surface area contributed by atoms with Gasteiger partial charge in [-0.25, -0.2) is 5.48 Å². The molecule has 0 spiro atoms. The van der Waals surface area contributed by atoms with Crippen molar-refractivity contribution < 1.29 is 14.4 Å². The van der Waals surface area contributed by atoms with Gasteiger partial charge in [-0.05, 0) is 49.6 Å². The Morgan fingerprint density at radius 2 is 2.12 bits per heavy atom. The van der Waals surface area contributed by atoms with E-state index in [9.17, 15) is 4.79 Å². The Labute approximate surface area is 147 Å². The molecule has 1 aliphatic rings. The van der Waals surface area contributed by atoms with Gasteiger partial charge < -0.3 is 9.73 Å². The molecular formula is C20H22N2O3. The van der Waals surface area contributed by atoms with E-state index in [1.807, 2.05) is 18.2 Å². The highest BCUT2D eigenvalue weighted by molar-refractivity contribution is 5.91. The second-order valence-electron chi connectivity index (χ2n) is 5.99. The van der Waals surface area contributed by atoms with Gasteiger partial charge in [0.1, 0.15) is 5.76 Å². The van der Waals surface area contributed by atoms with Crippen molar-refractivity contribution >= 4 is 5.91 Å². The van der Waals surface area contributed by atoms with Crippen molar-refractivity contribution in [3.63, 3.8) is 0 Å². The zero-order valence-corrected chi connectivity index (χ0v) is 14.0. The molecular weight excluding hydrogens is 316 g/mol. The van der Waals surface area contributed by atoms with Crippen LogP contribution in [0.15, 0.2) is 64.6 Å². The molecule has 3 N–H and O–H groups in total. The summed E-state index contributed by atoms with van der Waals surface area (Å²) >= 11 is 0. The Balaban J connectivity index is 1.56. The Morgan fingerprint density at radius 3 is 2.92 bits per heavy atom. The van der Waals surface area contributed by atoms with Gasteiger partial charge in [0.2, 0.25) is 0 Å². The van der Waals surface area contributed by atoms with E-state index in [0.29, 0.717) is 5.76 Å². The van der Waals surface area contributed by atoms with Gasteiger partial charge in [-0.2, -0.15) is 0 Å². The van der Waals surface area contributed by atoms with E-state index in [4.69, 9.17) is 9.62 Å². The van der Waals surface area contributed by atoms with Gasteiger partial charge in [0.05, 0.1) is 0 Å². The maximum atomic E-state index is 11.4. The van der Waals surface area contributed by atoms with Crippen molar-refractivity contribution in [2.75, 3.05) is 6.54 Å². The predicted molar refractivity (Wildman–Crippen MR) is 96.2 cm³/mol. The van der Waals surface area contributed by atoms with Crippen LogP contribution in [-0.2, 0) is 6.54 Å². The zero-order valence-electron chi connectivity index (χ0n) is 14.0. The minimum Gasteiger partial charge on any atom is -0.451 e. The summed E-state index contributed by atoms with van der Waals surface area (Å²) in [6.45, 7) is 1.71. The van der Waals surface area contributed by atoms with Crippen molar-refractivity contribution in [2.24, 2.45) is 0 Å². The third-order valence-electron chi connectivity index (χ3n) is 4.13. The van der Waals surface area contributed by atoms with Crippen LogP contribution in [0.1, 0.15) is 35.4 Å². The number of hydroxylamine groups is 1. The van der Waals surface area contributed by atoms with Crippen molar-refractivity contribution in [3.8, 4) is 11.3 Å². The maximum absolute atomic E-state index is 11.4. The number of allylic oxidation sites excluding steroid dienone is 3. The minimum absolute atomic E-state index is 0.0786. The summed E-state index contributed by atoms with van der Waals surface area (Å²) in [5.41, 5.74) is 5.01. The molecule has 0 saturated heterocycles. The van der Waals surface area contributed by atoms with E-state index in [2.05, 4.69) is 29.6 Å². The topological polar surface area (TPSA) is 74.5 Å². The van der Waals surface area contributed by atoms with Gasteiger partial charge in [-0.3, -0.25) is 10.0 Å². The number of nitrogens with one attached hydrogen (secondary N) is 2. The molecule has 0 bridgehead atoms. The van der Waals surface area contributed by atoms with Crippen LogP contribution in [0, 0.1) is 0 Å². The largest absolute Gasteiger partial charge is 0.451 e. The van der Waals surface area contributed by atoms with Crippen LogP contribution in [0.4, 0.5) is 0 Å². The van der Waals surface area contributed by atoms with Crippen molar-refractivity contribution in [1.29, 1.82) is 0 Å². The highest BCUT2D eigenvalue weighted by atomic mass is 16.5. The molecule has 1 amide bonds. The maximum Gasteiger partial charge on any atom is 0.310 e. The minimum atomic E-state index is -0.657. The number of furan rings is 1. The van der Waals surface area contributed by atoms with Gasteiger partial charge in [0.15, 0.2) is 5.76 Å². The number of hydrogen-bond donors (Lipinski definition) is 3. The number of hydrogen-bond acceptors (Lipinski definition) is 4. The zero-order chi connectivity index (χ0) is 17.5. The third kappa shape index (κ3) is 4.68. The Morgan fingerprint density at radius 1 is 1.20 bits per heavy atom. The highest BCUT2D eigenvalue weighted by Gasteiger charge is 2.11. The molecule has 25 heavy (non-hydrogen) atoms. The molecule has 0 saturated carbocycles. The average Bonchev–Trinajstić information content (AvgIpc) is 3.16. The van der Waals surface area contributed by atoms with E-state index >= 15 is 0 Å².